The first-order valence-corrected chi connectivity index (χ1v) is 9.80. The van der Waals surface area contributed by atoms with Gasteiger partial charge in [0.05, 0.1) is 23.2 Å². The molecule has 0 atom stereocenters. The van der Waals surface area contributed by atoms with Crippen LogP contribution in [0.3, 0.4) is 0 Å². The van der Waals surface area contributed by atoms with Gasteiger partial charge in [0, 0.05) is 25.1 Å². The molecule has 0 radical (unpaired) electrons. The maximum absolute atomic E-state index is 14.1. The molecule has 4 rings (SSSR count). The van der Waals surface area contributed by atoms with Crippen LogP contribution in [0.4, 0.5) is 23.2 Å². The molecule has 2 aromatic heterocycles. The second-order valence-electron chi connectivity index (χ2n) is 7.14. The number of halogens is 4. The molecular weight excluding hydrogens is 434 g/mol. The zero-order chi connectivity index (χ0) is 23.5. The molecule has 0 bridgehead atoms. The van der Waals surface area contributed by atoms with Gasteiger partial charge in [0.25, 0.3) is 0 Å². The van der Waals surface area contributed by atoms with Gasteiger partial charge in [0.2, 0.25) is 11.6 Å². The Hall–Kier alpha value is -4.20. The van der Waals surface area contributed by atoms with Crippen molar-refractivity contribution in [3.63, 3.8) is 0 Å². The molecule has 0 amide bonds. The number of phenols is 1. The predicted octanol–water partition coefficient (Wildman–Crippen LogP) is 6.27. The van der Waals surface area contributed by atoms with E-state index in [9.17, 15) is 17.6 Å². The number of benzene rings is 2. The van der Waals surface area contributed by atoms with Gasteiger partial charge in [0.1, 0.15) is 0 Å². The van der Waals surface area contributed by atoms with Gasteiger partial charge >= 0.3 is 0 Å². The second-order valence-corrected chi connectivity index (χ2v) is 7.14. The van der Waals surface area contributed by atoms with E-state index in [4.69, 9.17) is 5.11 Å². The van der Waals surface area contributed by atoms with Crippen LogP contribution in [-0.2, 0) is 7.05 Å². The summed E-state index contributed by atoms with van der Waals surface area (Å²) in [6.45, 7) is 0. The average molecular weight is 451 g/mol. The zero-order valence-corrected chi connectivity index (χ0v) is 17.3. The van der Waals surface area contributed by atoms with E-state index < -0.39 is 34.6 Å². The predicted molar refractivity (Wildman–Crippen MR) is 119 cm³/mol. The van der Waals surface area contributed by atoms with Crippen molar-refractivity contribution in [2.24, 2.45) is 12.0 Å². The highest BCUT2D eigenvalue weighted by atomic mass is 19.2. The SMILES string of the molecule is Cn1c(C=Nc2ccc(-c3c(F)c(F)c(O)c(F)c3F)cc2)ccc1/C=C/c1ccncc1. The van der Waals surface area contributed by atoms with Gasteiger partial charge in [-0.15, -0.1) is 0 Å². The Kier molecular flexibility index (Phi) is 6.08. The fourth-order valence-electron chi connectivity index (χ4n) is 3.22. The van der Waals surface area contributed by atoms with Crippen LogP contribution in [0.15, 0.2) is 65.9 Å². The molecule has 166 valence electrons. The third-order valence-electron chi connectivity index (χ3n) is 5.09. The molecule has 1 N–H and O–H groups in total. The van der Waals surface area contributed by atoms with Gasteiger partial charge in [0.15, 0.2) is 17.4 Å². The summed E-state index contributed by atoms with van der Waals surface area (Å²) in [6.07, 6.45) is 8.97. The Morgan fingerprint density at radius 1 is 0.788 bits per heavy atom. The molecular formula is C25H17F4N3O. The van der Waals surface area contributed by atoms with Gasteiger partial charge in [-0.1, -0.05) is 18.2 Å². The molecule has 0 aliphatic rings. The fourth-order valence-corrected chi connectivity index (χ4v) is 3.22. The molecule has 0 unspecified atom stereocenters. The van der Waals surface area contributed by atoms with Gasteiger partial charge in [-0.05, 0) is 53.6 Å². The summed E-state index contributed by atoms with van der Waals surface area (Å²) in [7, 11) is 1.89. The van der Waals surface area contributed by atoms with Crippen LogP contribution in [0, 0.1) is 23.3 Å². The zero-order valence-electron chi connectivity index (χ0n) is 17.3. The third-order valence-corrected chi connectivity index (χ3v) is 5.09. The minimum Gasteiger partial charge on any atom is -0.503 e. The van der Waals surface area contributed by atoms with Crippen molar-refractivity contribution in [2.45, 2.75) is 0 Å². The van der Waals surface area contributed by atoms with Crippen molar-refractivity contribution in [3.05, 3.63) is 101 Å². The first kappa shape index (κ1) is 22.0. The molecule has 0 spiro atoms. The van der Waals surface area contributed by atoms with Gasteiger partial charge in [-0.2, -0.15) is 8.78 Å². The van der Waals surface area contributed by atoms with Crippen LogP contribution in [0.5, 0.6) is 5.75 Å². The van der Waals surface area contributed by atoms with Crippen LogP contribution in [0.2, 0.25) is 0 Å². The fraction of sp³-hybridized carbons (Fsp3) is 0.0400. The van der Waals surface area contributed by atoms with E-state index in [1.807, 2.05) is 48.0 Å². The highest BCUT2D eigenvalue weighted by Crippen LogP contribution is 2.35. The molecule has 0 aliphatic carbocycles. The Morgan fingerprint density at radius 3 is 2.03 bits per heavy atom. The number of nitrogens with zero attached hydrogens (tertiary/aromatic N) is 3. The number of aromatic hydroxyl groups is 1. The first-order valence-electron chi connectivity index (χ1n) is 9.80. The molecule has 0 saturated heterocycles. The number of hydrogen-bond donors (Lipinski definition) is 1. The van der Waals surface area contributed by atoms with E-state index in [0.29, 0.717) is 5.69 Å². The normalized spacial score (nSPS) is 11.7. The van der Waals surface area contributed by atoms with Gasteiger partial charge in [-0.3, -0.25) is 9.98 Å². The molecule has 2 heterocycles. The number of phenolic OH excluding ortho intramolecular Hbond substituents is 1. The van der Waals surface area contributed by atoms with E-state index in [1.54, 1.807) is 18.6 Å². The van der Waals surface area contributed by atoms with Crippen LogP contribution in [-0.4, -0.2) is 20.9 Å². The lowest BCUT2D eigenvalue weighted by Crippen LogP contribution is -1.99. The van der Waals surface area contributed by atoms with E-state index in [0.717, 1.165) is 17.0 Å². The first-order chi connectivity index (χ1) is 15.9. The quantitative estimate of drug-likeness (QED) is 0.221. The van der Waals surface area contributed by atoms with Crippen molar-refractivity contribution in [1.82, 2.24) is 9.55 Å². The summed E-state index contributed by atoms with van der Waals surface area (Å²) in [5.74, 6) is -8.71. The monoisotopic (exact) mass is 451 g/mol. The van der Waals surface area contributed by atoms with Crippen molar-refractivity contribution < 1.29 is 22.7 Å². The van der Waals surface area contributed by atoms with Crippen molar-refractivity contribution in [1.29, 1.82) is 0 Å². The molecule has 4 nitrogen and oxygen atoms in total. The lowest BCUT2D eigenvalue weighted by molar-refractivity contribution is 0.358. The van der Waals surface area contributed by atoms with Crippen LogP contribution >= 0.6 is 0 Å². The number of pyridine rings is 1. The Bertz CT molecular complexity index is 1330. The molecule has 4 aromatic rings. The highest BCUT2D eigenvalue weighted by molar-refractivity contribution is 5.82. The number of hydrogen-bond acceptors (Lipinski definition) is 3. The summed E-state index contributed by atoms with van der Waals surface area (Å²) in [5, 5.41) is 9.12. The Morgan fingerprint density at radius 2 is 1.39 bits per heavy atom. The summed E-state index contributed by atoms with van der Waals surface area (Å²) >= 11 is 0. The molecule has 33 heavy (non-hydrogen) atoms. The molecule has 0 saturated carbocycles. The standard InChI is InChI=1S/C25H17F4N3O/c1-32-18(7-2-15-10-12-30-13-11-15)8-9-19(32)14-31-17-5-3-16(4-6-17)20-21(26)23(28)25(33)24(29)22(20)27/h2-14,33H,1H3/b7-2+,31-14?. The maximum Gasteiger partial charge on any atom is 0.204 e. The van der Waals surface area contributed by atoms with Crippen LogP contribution in [0.25, 0.3) is 23.3 Å². The smallest absolute Gasteiger partial charge is 0.204 e. The van der Waals surface area contributed by atoms with Crippen molar-refractivity contribution >= 4 is 24.1 Å². The molecule has 8 heteroatoms. The second kappa shape index (κ2) is 9.12. The average Bonchev–Trinajstić information content (AvgIpc) is 3.19. The number of aliphatic imine (C=N–C) groups is 1. The lowest BCUT2D eigenvalue weighted by Gasteiger charge is -2.09. The topological polar surface area (TPSA) is 50.4 Å². The molecule has 0 fully saturated rings. The minimum absolute atomic E-state index is 0.0934. The van der Waals surface area contributed by atoms with E-state index >= 15 is 0 Å². The number of rotatable bonds is 5. The van der Waals surface area contributed by atoms with E-state index in [-0.39, 0.29) is 5.56 Å². The molecule has 0 aliphatic heterocycles. The largest absolute Gasteiger partial charge is 0.503 e. The number of aromatic nitrogens is 2. The lowest BCUT2D eigenvalue weighted by atomic mass is 10.0. The highest BCUT2D eigenvalue weighted by Gasteiger charge is 2.25. The summed E-state index contributed by atoms with van der Waals surface area (Å²) in [6, 6.07) is 13.1. The van der Waals surface area contributed by atoms with E-state index in [2.05, 4.69) is 9.98 Å². The minimum atomic E-state index is -1.84. The van der Waals surface area contributed by atoms with Crippen molar-refractivity contribution in [2.75, 3.05) is 0 Å². The van der Waals surface area contributed by atoms with Crippen LogP contribution < -0.4 is 0 Å². The Labute approximate surface area is 186 Å². The summed E-state index contributed by atoms with van der Waals surface area (Å²) < 4.78 is 57.4. The van der Waals surface area contributed by atoms with Crippen molar-refractivity contribution in [3.8, 4) is 16.9 Å². The summed E-state index contributed by atoms with van der Waals surface area (Å²) in [5.41, 5.74) is 2.26. The van der Waals surface area contributed by atoms with Crippen LogP contribution in [0.1, 0.15) is 17.0 Å². The Balaban J connectivity index is 1.55. The maximum atomic E-state index is 14.1. The van der Waals surface area contributed by atoms with E-state index in [1.165, 1.54) is 24.3 Å². The summed E-state index contributed by atoms with van der Waals surface area (Å²) in [4.78, 5) is 8.32. The molecule has 2 aromatic carbocycles. The van der Waals surface area contributed by atoms with Gasteiger partial charge < -0.3 is 9.67 Å². The third kappa shape index (κ3) is 4.41. The van der Waals surface area contributed by atoms with Gasteiger partial charge in [-0.25, -0.2) is 8.78 Å².